The van der Waals surface area contributed by atoms with Crippen LogP contribution in [0.15, 0.2) is 30.5 Å². The molecule has 0 saturated heterocycles. The third-order valence-corrected chi connectivity index (χ3v) is 4.47. The van der Waals surface area contributed by atoms with Crippen LogP contribution in [0.2, 0.25) is 0 Å². The number of phenols is 1. The van der Waals surface area contributed by atoms with Gasteiger partial charge in [0.15, 0.2) is 6.29 Å². The summed E-state index contributed by atoms with van der Waals surface area (Å²) in [7, 11) is 3.72. The standard InChI is InChI=1S/C19H24FN3O2/c1-13(14-4-5-18(25)15(10-14)6-8-20)23(3)11-17-16(12-24)7-9-22-19(17)21-2/h4-5,7,9-10,12-13,25H,6,8,11H2,1-3H3,(H,21,22). The molecule has 1 heterocycles. The molecular formula is C19H24FN3O2. The smallest absolute Gasteiger partial charge is 0.150 e. The third kappa shape index (κ3) is 4.33. The summed E-state index contributed by atoms with van der Waals surface area (Å²) >= 11 is 0. The fraction of sp³-hybridized carbons (Fsp3) is 0.368. The highest BCUT2D eigenvalue weighted by Crippen LogP contribution is 2.28. The Hall–Kier alpha value is -2.47. The predicted octanol–water partition coefficient (Wildman–Crippen LogP) is 3.35. The zero-order chi connectivity index (χ0) is 18.4. The van der Waals surface area contributed by atoms with Gasteiger partial charge in [0.1, 0.15) is 11.6 Å². The van der Waals surface area contributed by atoms with Crippen LogP contribution in [-0.4, -0.2) is 42.0 Å². The summed E-state index contributed by atoms with van der Waals surface area (Å²) in [6, 6.07) is 6.98. The number of rotatable bonds is 8. The van der Waals surface area contributed by atoms with Crippen molar-refractivity contribution in [3.63, 3.8) is 0 Å². The second-order valence-corrected chi connectivity index (χ2v) is 6.01. The van der Waals surface area contributed by atoms with Gasteiger partial charge in [-0.1, -0.05) is 12.1 Å². The zero-order valence-corrected chi connectivity index (χ0v) is 14.8. The molecule has 1 aromatic carbocycles. The fourth-order valence-electron chi connectivity index (χ4n) is 2.81. The Labute approximate surface area is 147 Å². The highest BCUT2D eigenvalue weighted by molar-refractivity contribution is 5.79. The number of nitrogens with zero attached hydrogens (tertiary/aromatic N) is 2. The molecule has 1 unspecified atom stereocenters. The van der Waals surface area contributed by atoms with Gasteiger partial charge in [0.2, 0.25) is 0 Å². The number of pyridine rings is 1. The molecule has 0 aliphatic heterocycles. The Kier molecular flexibility index (Phi) is 6.47. The van der Waals surface area contributed by atoms with Crippen LogP contribution in [0.4, 0.5) is 10.2 Å². The first-order valence-corrected chi connectivity index (χ1v) is 8.20. The topological polar surface area (TPSA) is 65.5 Å². The van der Waals surface area contributed by atoms with E-state index in [4.69, 9.17) is 0 Å². The monoisotopic (exact) mass is 345 g/mol. The summed E-state index contributed by atoms with van der Waals surface area (Å²) < 4.78 is 12.6. The number of phenolic OH excluding ortho intramolecular Hbond substituents is 1. The Morgan fingerprint density at radius 3 is 2.80 bits per heavy atom. The average Bonchev–Trinajstić information content (AvgIpc) is 2.63. The number of hydrogen-bond acceptors (Lipinski definition) is 5. The number of carbonyl (C=O) groups excluding carboxylic acids is 1. The minimum Gasteiger partial charge on any atom is -0.508 e. The van der Waals surface area contributed by atoms with Gasteiger partial charge in [0, 0.05) is 43.4 Å². The van der Waals surface area contributed by atoms with E-state index in [0.717, 1.165) is 17.4 Å². The van der Waals surface area contributed by atoms with Crippen LogP contribution in [0.3, 0.4) is 0 Å². The van der Waals surface area contributed by atoms with E-state index in [0.29, 0.717) is 23.5 Å². The third-order valence-electron chi connectivity index (χ3n) is 4.47. The van der Waals surface area contributed by atoms with Gasteiger partial charge in [-0.05, 0) is 37.2 Å². The summed E-state index contributed by atoms with van der Waals surface area (Å²) in [5.74, 6) is 0.789. The van der Waals surface area contributed by atoms with Crippen molar-refractivity contribution in [3.05, 3.63) is 52.7 Å². The number of hydrogen-bond donors (Lipinski definition) is 2. The van der Waals surface area contributed by atoms with Crippen molar-refractivity contribution in [2.45, 2.75) is 25.9 Å². The number of aromatic hydroxyl groups is 1. The van der Waals surface area contributed by atoms with Crippen molar-refractivity contribution in [1.29, 1.82) is 0 Å². The highest BCUT2D eigenvalue weighted by atomic mass is 19.1. The quantitative estimate of drug-likeness (QED) is 0.718. The largest absolute Gasteiger partial charge is 0.508 e. The predicted molar refractivity (Wildman–Crippen MR) is 96.8 cm³/mol. The molecule has 1 atom stereocenters. The number of aldehydes is 1. The maximum Gasteiger partial charge on any atom is 0.150 e. The van der Waals surface area contributed by atoms with Crippen molar-refractivity contribution in [2.24, 2.45) is 0 Å². The molecule has 2 N–H and O–H groups in total. The van der Waals surface area contributed by atoms with E-state index in [1.54, 1.807) is 25.4 Å². The van der Waals surface area contributed by atoms with Crippen molar-refractivity contribution in [2.75, 3.05) is 26.1 Å². The molecule has 0 saturated carbocycles. The first kappa shape index (κ1) is 18.9. The van der Waals surface area contributed by atoms with Crippen LogP contribution in [0, 0.1) is 0 Å². The summed E-state index contributed by atoms with van der Waals surface area (Å²) in [5, 5.41) is 12.8. The average molecular weight is 345 g/mol. The fourth-order valence-corrected chi connectivity index (χ4v) is 2.81. The maximum atomic E-state index is 12.6. The van der Waals surface area contributed by atoms with E-state index in [9.17, 15) is 14.3 Å². The van der Waals surface area contributed by atoms with E-state index in [-0.39, 0.29) is 18.2 Å². The van der Waals surface area contributed by atoms with Crippen LogP contribution >= 0.6 is 0 Å². The van der Waals surface area contributed by atoms with Gasteiger partial charge < -0.3 is 10.4 Å². The van der Waals surface area contributed by atoms with Crippen LogP contribution < -0.4 is 5.32 Å². The molecule has 0 radical (unpaired) electrons. The SMILES string of the molecule is CNc1nccc(C=O)c1CN(C)C(C)c1ccc(O)c(CCF)c1. The Balaban J connectivity index is 2.25. The van der Waals surface area contributed by atoms with Gasteiger partial charge in [0.05, 0.1) is 6.67 Å². The lowest BCUT2D eigenvalue weighted by Gasteiger charge is -2.27. The molecular weight excluding hydrogens is 321 g/mol. The first-order chi connectivity index (χ1) is 12.0. The maximum absolute atomic E-state index is 12.6. The summed E-state index contributed by atoms with van der Waals surface area (Å²) in [6.07, 6.45) is 2.62. The van der Waals surface area contributed by atoms with Crippen molar-refractivity contribution >= 4 is 12.1 Å². The molecule has 0 amide bonds. The number of nitrogens with one attached hydrogen (secondary N) is 1. The van der Waals surface area contributed by atoms with E-state index in [2.05, 4.69) is 15.2 Å². The van der Waals surface area contributed by atoms with E-state index < -0.39 is 6.67 Å². The summed E-state index contributed by atoms with van der Waals surface area (Å²) in [4.78, 5) is 17.7. The van der Waals surface area contributed by atoms with E-state index >= 15 is 0 Å². The Morgan fingerprint density at radius 1 is 1.40 bits per heavy atom. The van der Waals surface area contributed by atoms with Crippen molar-refractivity contribution in [3.8, 4) is 5.75 Å². The molecule has 0 spiro atoms. The van der Waals surface area contributed by atoms with Crippen LogP contribution in [0.25, 0.3) is 0 Å². The normalized spacial score (nSPS) is 12.2. The van der Waals surface area contributed by atoms with Crippen LogP contribution in [0.1, 0.15) is 40.0 Å². The molecule has 2 aromatic rings. The second-order valence-electron chi connectivity index (χ2n) is 6.01. The van der Waals surface area contributed by atoms with Gasteiger partial charge in [0.25, 0.3) is 0 Å². The van der Waals surface area contributed by atoms with Crippen LogP contribution in [-0.2, 0) is 13.0 Å². The molecule has 25 heavy (non-hydrogen) atoms. The molecule has 0 aliphatic rings. The van der Waals surface area contributed by atoms with Crippen LogP contribution in [0.5, 0.6) is 5.75 Å². The number of halogens is 1. The Morgan fingerprint density at radius 2 is 2.16 bits per heavy atom. The second kappa shape index (κ2) is 8.58. The van der Waals surface area contributed by atoms with Gasteiger partial charge in [-0.15, -0.1) is 0 Å². The summed E-state index contributed by atoms with van der Waals surface area (Å²) in [5.41, 5.74) is 3.01. The molecule has 1 aromatic heterocycles. The molecule has 0 fully saturated rings. The number of benzene rings is 1. The van der Waals surface area contributed by atoms with Gasteiger partial charge in [-0.25, -0.2) is 4.98 Å². The van der Waals surface area contributed by atoms with Gasteiger partial charge in [-0.3, -0.25) is 14.1 Å². The zero-order valence-electron chi connectivity index (χ0n) is 14.8. The number of carbonyl (C=O) groups is 1. The summed E-state index contributed by atoms with van der Waals surface area (Å²) in [6.45, 7) is 2.05. The van der Waals surface area contributed by atoms with Crippen molar-refractivity contribution in [1.82, 2.24) is 9.88 Å². The van der Waals surface area contributed by atoms with E-state index in [1.807, 2.05) is 26.1 Å². The van der Waals surface area contributed by atoms with Crippen molar-refractivity contribution < 1.29 is 14.3 Å². The molecule has 0 bridgehead atoms. The number of aryl methyl sites for hydroxylation is 1. The molecule has 134 valence electrons. The highest BCUT2D eigenvalue weighted by Gasteiger charge is 2.17. The van der Waals surface area contributed by atoms with Gasteiger partial charge in [-0.2, -0.15) is 0 Å². The number of anilines is 1. The molecule has 0 aliphatic carbocycles. The van der Waals surface area contributed by atoms with E-state index in [1.165, 1.54) is 0 Å². The Bertz CT molecular complexity index is 737. The molecule has 2 rings (SSSR count). The molecule has 5 nitrogen and oxygen atoms in total. The minimum atomic E-state index is -0.509. The van der Waals surface area contributed by atoms with Gasteiger partial charge >= 0.3 is 0 Å². The number of aromatic nitrogens is 1. The number of alkyl halides is 1. The lowest BCUT2D eigenvalue weighted by Crippen LogP contribution is -2.23. The molecule has 6 heteroatoms. The minimum absolute atomic E-state index is 0.0170. The first-order valence-electron chi connectivity index (χ1n) is 8.20. The lowest BCUT2D eigenvalue weighted by atomic mass is 10.0. The lowest BCUT2D eigenvalue weighted by molar-refractivity contribution is 0.112.